The van der Waals surface area contributed by atoms with E-state index in [1.165, 1.54) is 6.26 Å². The number of nitrogens with zero attached hydrogens (tertiary/aromatic N) is 1. The topological polar surface area (TPSA) is 84.9 Å². The van der Waals surface area contributed by atoms with Gasteiger partial charge in [0.25, 0.3) is 5.56 Å². The SMILES string of the molecule is Nc1nc2occ(-c3ccccc3Cl)c2c(=O)[nH]1. The van der Waals surface area contributed by atoms with Gasteiger partial charge in [-0.1, -0.05) is 29.8 Å². The number of hydrogen-bond acceptors (Lipinski definition) is 4. The van der Waals surface area contributed by atoms with Crippen LogP contribution < -0.4 is 11.3 Å². The van der Waals surface area contributed by atoms with Crippen molar-refractivity contribution in [2.45, 2.75) is 0 Å². The normalized spacial score (nSPS) is 10.9. The molecule has 0 saturated heterocycles. The summed E-state index contributed by atoms with van der Waals surface area (Å²) in [7, 11) is 0. The van der Waals surface area contributed by atoms with Gasteiger partial charge in [0.2, 0.25) is 11.7 Å². The molecule has 1 aromatic carbocycles. The maximum atomic E-state index is 11.9. The highest BCUT2D eigenvalue weighted by Gasteiger charge is 2.15. The lowest BCUT2D eigenvalue weighted by molar-refractivity contribution is 0.604. The van der Waals surface area contributed by atoms with Gasteiger partial charge in [0.15, 0.2) is 0 Å². The largest absolute Gasteiger partial charge is 0.445 e. The van der Waals surface area contributed by atoms with Gasteiger partial charge >= 0.3 is 0 Å². The maximum absolute atomic E-state index is 11.9. The molecule has 0 radical (unpaired) electrons. The summed E-state index contributed by atoms with van der Waals surface area (Å²) in [4.78, 5) is 18.2. The second-order valence-corrected chi connectivity index (χ2v) is 4.17. The zero-order valence-corrected chi connectivity index (χ0v) is 9.86. The molecule has 3 N–H and O–H groups in total. The first-order valence-electron chi connectivity index (χ1n) is 5.18. The first-order chi connectivity index (χ1) is 8.66. The number of furan rings is 1. The minimum absolute atomic E-state index is 0.0209. The van der Waals surface area contributed by atoms with Crippen LogP contribution in [0.2, 0.25) is 5.02 Å². The number of nitrogens with one attached hydrogen (secondary N) is 1. The fraction of sp³-hybridized carbons (Fsp3) is 0. The highest BCUT2D eigenvalue weighted by atomic mass is 35.5. The van der Waals surface area contributed by atoms with Gasteiger partial charge in [-0.25, -0.2) is 0 Å². The Hall–Kier alpha value is -2.27. The van der Waals surface area contributed by atoms with Gasteiger partial charge in [0, 0.05) is 16.1 Å². The highest BCUT2D eigenvalue weighted by molar-refractivity contribution is 6.33. The first kappa shape index (κ1) is 10.9. The van der Waals surface area contributed by atoms with Crippen LogP contribution in [-0.2, 0) is 0 Å². The zero-order valence-electron chi connectivity index (χ0n) is 9.11. The van der Waals surface area contributed by atoms with Crippen LogP contribution in [0.15, 0.2) is 39.7 Å². The van der Waals surface area contributed by atoms with E-state index in [0.29, 0.717) is 16.0 Å². The summed E-state index contributed by atoms with van der Waals surface area (Å²) < 4.78 is 5.25. The van der Waals surface area contributed by atoms with Gasteiger partial charge in [0.05, 0.1) is 0 Å². The summed E-state index contributed by atoms with van der Waals surface area (Å²) in [6, 6.07) is 7.20. The summed E-state index contributed by atoms with van der Waals surface area (Å²) in [6.07, 6.45) is 1.45. The number of aromatic amines is 1. The maximum Gasteiger partial charge on any atom is 0.264 e. The molecule has 3 rings (SSSR count). The number of nitrogens with two attached hydrogens (primary N) is 1. The van der Waals surface area contributed by atoms with E-state index in [4.69, 9.17) is 21.8 Å². The van der Waals surface area contributed by atoms with Crippen LogP contribution in [0.1, 0.15) is 0 Å². The van der Waals surface area contributed by atoms with E-state index in [0.717, 1.165) is 5.56 Å². The second kappa shape index (κ2) is 3.89. The molecule has 5 nitrogen and oxygen atoms in total. The molecule has 0 bridgehead atoms. The van der Waals surface area contributed by atoms with E-state index in [-0.39, 0.29) is 17.2 Å². The summed E-state index contributed by atoms with van der Waals surface area (Å²) in [5.74, 6) is 0.0209. The van der Waals surface area contributed by atoms with Crippen LogP contribution in [0.5, 0.6) is 0 Å². The van der Waals surface area contributed by atoms with Crippen LogP contribution in [0.4, 0.5) is 5.95 Å². The Morgan fingerprint density at radius 2 is 2.06 bits per heavy atom. The van der Waals surface area contributed by atoms with Crippen LogP contribution in [0.25, 0.3) is 22.2 Å². The summed E-state index contributed by atoms with van der Waals surface area (Å²) in [5, 5.41) is 0.883. The van der Waals surface area contributed by atoms with E-state index < -0.39 is 0 Å². The summed E-state index contributed by atoms with van der Waals surface area (Å²) in [6.45, 7) is 0. The van der Waals surface area contributed by atoms with Crippen molar-refractivity contribution < 1.29 is 4.42 Å². The number of anilines is 1. The Morgan fingerprint density at radius 3 is 2.83 bits per heavy atom. The molecular weight excluding hydrogens is 254 g/mol. The molecular formula is C12H8ClN3O2. The Morgan fingerprint density at radius 1 is 1.28 bits per heavy atom. The van der Waals surface area contributed by atoms with Crippen molar-refractivity contribution in [2.75, 3.05) is 5.73 Å². The molecule has 0 fully saturated rings. The molecule has 0 spiro atoms. The standard InChI is InChI=1S/C12H8ClN3O2/c13-8-4-2-1-3-6(8)7-5-18-11-9(7)10(17)15-12(14)16-11/h1-5H,(H3,14,15,16,17). The lowest BCUT2D eigenvalue weighted by Crippen LogP contribution is -2.10. The van der Waals surface area contributed by atoms with Crippen molar-refractivity contribution in [3.63, 3.8) is 0 Å². The molecule has 2 heterocycles. The average Bonchev–Trinajstić information content (AvgIpc) is 2.73. The summed E-state index contributed by atoms with van der Waals surface area (Å²) >= 11 is 6.10. The van der Waals surface area contributed by atoms with Gasteiger partial charge < -0.3 is 10.2 Å². The summed E-state index contributed by atoms with van der Waals surface area (Å²) in [5.41, 5.74) is 6.62. The Kier molecular flexibility index (Phi) is 2.34. The number of aromatic nitrogens is 2. The highest BCUT2D eigenvalue weighted by Crippen LogP contribution is 2.32. The van der Waals surface area contributed by atoms with Gasteiger partial charge in [-0.2, -0.15) is 4.98 Å². The fourth-order valence-electron chi connectivity index (χ4n) is 1.84. The Bertz CT molecular complexity index is 791. The molecule has 0 aliphatic heterocycles. The third-order valence-corrected chi connectivity index (χ3v) is 2.96. The molecule has 0 saturated carbocycles. The van der Waals surface area contributed by atoms with E-state index >= 15 is 0 Å². The predicted octanol–water partition coefficient (Wildman–Crippen LogP) is 2.42. The number of nitrogen functional groups attached to an aromatic ring is 1. The van der Waals surface area contributed by atoms with Crippen molar-refractivity contribution >= 4 is 28.6 Å². The molecule has 0 aliphatic carbocycles. The minimum Gasteiger partial charge on any atom is -0.445 e. The molecule has 18 heavy (non-hydrogen) atoms. The minimum atomic E-state index is -0.346. The van der Waals surface area contributed by atoms with Crippen molar-refractivity contribution in [3.05, 3.63) is 45.9 Å². The Balaban J connectivity index is 2.39. The van der Waals surface area contributed by atoms with E-state index in [1.807, 2.05) is 18.2 Å². The van der Waals surface area contributed by atoms with Crippen molar-refractivity contribution in [1.82, 2.24) is 9.97 Å². The lowest BCUT2D eigenvalue weighted by Gasteiger charge is -2.00. The Labute approximate surface area is 106 Å². The predicted molar refractivity (Wildman–Crippen MR) is 69.5 cm³/mol. The number of fused-ring (bicyclic) bond motifs is 1. The van der Waals surface area contributed by atoms with Crippen molar-refractivity contribution in [3.8, 4) is 11.1 Å². The molecule has 3 aromatic rings. The van der Waals surface area contributed by atoms with Gasteiger partial charge in [0.1, 0.15) is 11.6 Å². The van der Waals surface area contributed by atoms with E-state index in [1.54, 1.807) is 6.07 Å². The average molecular weight is 262 g/mol. The first-order valence-corrected chi connectivity index (χ1v) is 5.56. The van der Waals surface area contributed by atoms with Crippen LogP contribution in [0, 0.1) is 0 Å². The number of rotatable bonds is 1. The van der Waals surface area contributed by atoms with Gasteiger partial charge in [-0.15, -0.1) is 0 Å². The third kappa shape index (κ3) is 1.56. The lowest BCUT2D eigenvalue weighted by atomic mass is 10.1. The molecule has 0 aliphatic rings. The fourth-order valence-corrected chi connectivity index (χ4v) is 2.08. The molecule has 0 amide bonds. The molecule has 90 valence electrons. The number of benzene rings is 1. The molecule has 2 aromatic heterocycles. The number of hydrogen-bond donors (Lipinski definition) is 2. The van der Waals surface area contributed by atoms with Gasteiger partial charge in [-0.3, -0.25) is 9.78 Å². The van der Waals surface area contributed by atoms with Crippen LogP contribution in [0.3, 0.4) is 0 Å². The molecule has 6 heteroatoms. The quantitative estimate of drug-likeness (QED) is 0.704. The van der Waals surface area contributed by atoms with Crippen molar-refractivity contribution in [2.24, 2.45) is 0 Å². The molecule has 0 unspecified atom stereocenters. The van der Waals surface area contributed by atoms with E-state index in [2.05, 4.69) is 9.97 Å². The number of halogens is 1. The van der Waals surface area contributed by atoms with E-state index in [9.17, 15) is 4.79 Å². The monoisotopic (exact) mass is 261 g/mol. The van der Waals surface area contributed by atoms with Crippen LogP contribution in [-0.4, -0.2) is 9.97 Å². The molecule has 0 atom stereocenters. The zero-order chi connectivity index (χ0) is 12.7. The number of H-pyrrole nitrogens is 1. The smallest absolute Gasteiger partial charge is 0.264 e. The van der Waals surface area contributed by atoms with Crippen molar-refractivity contribution in [1.29, 1.82) is 0 Å². The second-order valence-electron chi connectivity index (χ2n) is 3.76. The third-order valence-electron chi connectivity index (χ3n) is 2.63. The van der Waals surface area contributed by atoms with Gasteiger partial charge in [-0.05, 0) is 6.07 Å². The van der Waals surface area contributed by atoms with Crippen LogP contribution >= 0.6 is 11.6 Å².